The van der Waals surface area contributed by atoms with Gasteiger partial charge in [-0.2, -0.15) is 0 Å². The summed E-state index contributed by atoms with van der Waals surface area (Å²) in [5.74, 6) is 0.243. The molecule has 2 unspecified atom stereocenters. The highest BCUT2D eigenvalue weighted by Crippen LogP contribution is 2.22. The lowest BCUT2D eigenvalue weighted by Gasteiger charge is -2.16. The van der Waals surface area contributed by atoms with Gasteiger partial charge in [-0.25, -0.2) is 8.42 Å². The molecule has 1 amide bonds. The van der Waals surface area contributed by atoms with Crippen LogP contribution >= 0.6 is 15.9 Å². The molecule has 20 heavy (non-hydrogen) atoms. The van der Waals surface area contributed by atoms with Gasteiger partial charge in [0.25, 0.3) is 0 Å². The molecule has 0 radical (unpaired) electrons. The number of rotatable bonds is 4. The maximum absolute atomic E-state index is 12.0. The Morgan fingerprint density at radius 3 is 2.85 bits per heavy atom. The van der Waals surface area contributed by atoms with Crippen molar-refractivity contribution in [2.75, 3.05) is 11.5 Å². The predicted octanol–water partition coefficient (Wildman–Crippen LogP) is 2.45. The fourth-order valence-corrected chi connectivity index (χ4v) is 4.73. The standard InChI is InChI=1S/C14H18BrNO3S/c1-10(12-3-2-4-13(15)8-12)16-14(17)7-11-5-6-20(18,19)9-11/h2-4,8,10-11H,5-7,9H2,1H3,(H,16,17). The van der Waals surface area contributed by atoms with E-state index in [0.29, 0.717) is 6.42 Å². The lowest BCUT2D eigenvalue weighted by Crippen LogP contribution is -2.28. The number of carbonyl (C=O) groups is 1. The zero-order valence-electron chi connectivity index (χ0n) is 11.3. The van der Waals surface area contributed by atoms with Crippen LogP contribution in [0.1, 0.15) is 31.4 Å². The van der Waals surface area contributed by atoms with Crippen molar-refractivity contribution in [2.45, 2.75) is 25.8 Å². The monoisotopic (exact) mass is 359 g/mol. The highest BCUT2D eigenvalue weighted by molar-refractivity contribution is 9.10. The summed E-state index contributed by atoms with van der Waals surface area (Å²) in [4.78, 5) is 12.0. The van der Waals surface area contributed by atoms with E-state index in [4.69, 9.17) is 0 Å². The molecular formula is C14H18BrNO3S. The molecule has 0 saturated carbocycles. The van der Waals surface area contributed by atoms with E-state index in [1.165, 1.54) is 0 Å². The number of nitrogens with one attached hydrogen (secondary N) is 1. The quantitative estimate of drug-likeness (QED) is 0.897. The minimum atomic E-state index is -2.91. The maximum atomic E-state index is 12.0. The third-order valence-corrected chi connectivity index (χ3v) is 5.86. The number of carbonyl (C=O) groups excluding carboxylic acids is 1. The van der Waals surface area contributed by atoms with Gasteiger partial charge in [0.2, 0.25) is 5.91 Å². The minimum absolute atomic E-state index is 0.0327. The van der Waals surface area contributed by atoms with Crippen LogP contribution in [0.5, 0.6) is 0 Å². The van der Waals surface area contributed by atoms with Gasteiger partial charge in [-0.3, -0.25) is 4.79 Å². The average molecular weight is 360 g/mol. The first-order valence-corrected chi connectivity index (χ1v) is 9.22. The summed E-state index contributed by atoms with van der Waals surface area (Å²) < 4.78 is 23.7. The van der Waals surface area contributed by atoms with Crippen molar-refractivity contribution in [3.8, 4) is 0 Å². The highest BCUT2D eigenvalue weighted by atomic mass is 79.9. The van der Waals surface area contributed by atoms with Crippen molar-refractivity contribution in [2.24, 2.45) is 5.92 Å². The average Bonchev–Trinajstić information content (AvgIpc) is 2.68. The fraction of sp³-hybridized carbons (Fsp3) is 0.500. The number of hydrogen-bond donors (Lipinski definition) is 1. The van der Waals surface area contributed by atoms with E-state index < -0.39 is 9.84 Å². The van der Waals surface area contributed by atoms with E-state index in [2.05, 4.69) is 21.2 Å². The summed E-state index contributed by atoms with van der Waals surface area (Å²) in [6, 6.07) is 7.69. The minimum Gasteiger partial charge on any atom is -0.350 e. The number of amides is 1. The van der Waals surface area contributed by atoms with E-state index in [9.17, 15) is 13.2 Å². The molecule has 1 aromatic carbocycles. The molecule has 0 aliphatic carbocycles. The molecule has 1 aromatic rings. The van der Waals surface area contributed by atoms with E-state index in [1.807, 2.05) is 31.2 Å². The molecule has 1 saturated heterocycles. The largest absolute Gasteiger partial charge is 0.350 e. The summed E-state index contributed by atoms with van der Waals surface area (Å²) in [6.45, 7) is 1.92. The Balaban J connectivity index is 1.88. The molecule has 1 N–H and O–H groups in total. The first-order valence-electron chi connectivity index (χ1n) is 6.61. The molecule has 1 aliphatic rings. The van der Waals surface area contributed by atoms with Gasteiger partial charge in [0, 0.05) is 10.9 Å². The van der Waals surface area contributed by atoms with E-state index in [-0.39, 0.29) is 35.8 Å². The molecule has 110 valence electrons. The molecule has 2 atom stereocenters. The SMILES string of the molecule is CC(NC(=O)CC1CCS(=O)(=O)C1)c1cccc(Br)c1. The summed E-state index contributed by atoms with van der Waals surface area (Å²) in [5.41, 5.74) is 1.02. The molecule has 0 aromatic heterocycles. The van der Waals surface area contributed by atoms with Crippen LogP contribution in [0, 0.1) is 5.92 Å². The van der Waals surface area contributed by atoms with Crippen LogP contribution in [0.25, 0.3) is 0 Å². The normalized spacial score (nSPS) is 22.4. The third-order valence-electron chi connectivity index (χ3n) is 3.53. The van der Waals surface area contributed by atoms with Crippen LogP contribution in [0.15, 0.2) is 28.7 Å². The van der Waals surface area contributed by atoms with Crippen LogP contribution in [0.4, 0.5) is 0 Å². The smallest absolute Gasteiger partial charge is 0.220 e. The van der Waals surface area contributed by atoms with Crippen molar-refractivity contribution >= 4 is 31.7 Å². The topological polar surface area (TPSA) is 63.2 Å². The molecule has 4 nitrogen and oxygen atoms in total. The molecule has 2 rings (SSSR count). The Morgan fingerprint density at radius 1 is 1.50 bits per heavy atom. The molecule has 1 heterocycles. The van der Waals surface area contributed by atoms with Crippen LogP contribution in [0.3, 0.4) is 0 Å². The highest BCUT2D eigenvalue weighted by Gasteiger charge is 2.29. The Labute approximate surface area is 128 Å². The number of hydrogen-bond acceptors (Lipinski definition) is 3. The Bertz CT molecular complexity index is 600. The summed E-state index contributed by atoms with van der Waals surface area (Å²) in [5, 5.41) is 2.92. The molecule has 6 heteroatoms. The number of halogens is 1. The van der Waals surface area contributed by atoms with Gasteiger partial charge in [0.05, 0.1) is 17.5 Å². The molecule has 1 aliphatic heterocycles. The molecule has 0 spiro atoms. The van der Waals surface area contributed by atoms with Gasteiger partial charge in [0.1, 0.15) is 0 Å². The first-order chi connectivity index (χ1) is 9.35. The van der Waals surface area contributed by atoms with Gasteiger partial charge < -0.3 is 5.32 Å². The second kappa shape index (κ2) is 6.26. The maximum Gasteiger partial charge on any atom is 0.220 e. The Hall–Kier alpha value is -0.880. The van der Waals surface area contributed by atoms with Gasteiger partial charge >= 0.3 is 0 Å². The van der Waals surface area contributed by atoms with E-state index in [0.717, 1.165) is 10.0 Å². The Kier molecular flexibility index (Phi) is 4.86. The van der Waals surface area contributed by atoms with Crippen molar-refractivity contribution in [3.05, 3.63) is 34.3 Å². The van der Waals surface area contributed by atoms with Crippen LogP contribution in [-0.2, 0) is 14.6 Å². The summed E-state index contributed by atoms with van der Waals surface area (Å²) in [7, 11) is -2.91. The van der Waals surface area contributed by atoms with Crippen molar-refractivity contribution < 1.29 is 13.2 Å². The molecular weight excluding hydrogens is 342 g/mol. The third kappa shape index (κ3) is 4.31. The number of sulfone groups is 1. The Morgan fingerprint density at radius 2 is 2.25 bits per heavy atom. The van der Waals surface area contributed by atoms with Crippen molar-refractivity contribution in [1.82, 2.24) is 5.32 Å². The number of benzene rings is 1. The molecule has 0 bridgehead atoms. The summed E-state index contributed by atoms with van der Waals surface area (Å²) >= 11 is 3.40. The lowest BCUT2D eigenvalue weighted by molar-refractivity contribution is -0.122. The van der Waals surface area contributed by atoms with E-state index in [1.54, 1.807) is 0 Å². The van der Waals surface area contributed by atoms with E-state index >= 15 is 0 Å². The lowest BCUT2D eigenvalue weighted by atomic mass is 10.0. The van der Waals surface area contributed by atoms with Crippen LogP contribution < -0.4 is 5.32 Å². The van der Waals surface area contributed by atoms with Crippen LogP contribution in [-0.4, -0.2) is 25.8 Å². The predicted molar refractivity (Wildman–Crippen MR) is 82.1 cm³/mol. The van der Waals surface area contributed by atoms with Gasteiger partial charge in [0.15, 0.2) is 9.84 Å². The van der Waals surface area contributed by atoms with Gasteiger partial charge in [-0.15, -0.1) is 0 Å². The first kappa shape index (κ1) is 15.5. The van der Waals surface area contributed by atoms with Crippen molar-refractivity contribution in [3.63, 3.8) is 0 Å². The van der Waals surface area contributed by atoms with Crippen molar-refractivity contribution in [1.29, 1.82) is 0 Å². The summed E-state index contributed by atoms with van der Waals surface area (Å²) in [6.07, 6.45) is 0.887. The van der Waals surface area contributed by atoms with Gasteiger partial charge in [-0.05, 0) is 37.0 Å². The second-order valence-electron chi connectivity index (χ2n) is 5.32. The van der Waals surface area contributed by atoms with Crippen LogP contribution in [0.2, 0.25) is 0 Å². The fourth-order valence-electron chi connectivity index (χ4n) is 2.45. The van der Waals surface area contributed by atoms with Gasteiger partial charge in [-0.1, -0.05) is 28.1 Å². The second-order valence-corrected chi connectivity index (χ2v) is 8.46. The zero-order chi connectivity index (χ0) is 14.8. The zero-order valence-corrected chi connectivity index (χ0v) is 13.7. The molecule has 1 fully saturated rings.